The van der Waals surface area contributed by atoms with Crippen molar-refractivity contribution >= 4 is 6.09 Å². The Hall–Kier alpha value is -1.51. The van der Waals surface area contributed by atoms with E-state index in [-0.39, 0.29) is 12.1 Å². The van der Waals surface area contributed by atoms with Crippen molar-refractivity contribution in [2.75, 3.05) is 0 Å². The van der Waals surface area contributed by atoms with Crippen LogP contribution >= 0.6 is 0 Å². The average molecular weight is 233 g/mol. The number of hydrogen-bond donors (Lipinski definition) is 1. The molecule has 1 amide bonds. The molecule has 1 saturated carbocycles. The maximum absolute atomic E-state index is 11.6. The zero-order valence-electron chi connectivity index (χ0n) is 10.6. The maximum Gasteiger partial charge on any atom is 0.407 e. The molecule has 0 bridgehead atoms. The first-order valence-corrected chi connectivity index (χ1v) is 6.00. The second-order valence-corrected chi connectivity index (χ2v) is 5.51. The number of carbonyl (C=O) groups is 1. The topological polar surface area (TPSA) is 38.3 Å². The van der Waals surface area contributed by atoms with E-state index in [2.05, 4.69) is 17.4 Å². The van der Waals surface area contributed by atoms with Gasteiger partial charge in [0.2, 0.25) is 0 Å². The highest BCUT2D eigenvalue weighted by Gasteiger charge is 2.40. The lowest BCUT2D eigenvalue weighted by Crippen LogP contribution is -2.34. The van der Waals surface area contributed by atoms with Crippen molar-refractivity contribution in [1.82, 2.24) is 5.32 Å². The fraction of sp³-hybridized carbons (Fsp3) is 0.500. The maximum atomic E-state index is 11.6. The quantitative estimate of drug-likeness (QED) is 0.852. The summed E-state index contributed by atoms with van der Waals surface area (Å²) in [6.45, 7) is 5.61. The SMILES string of the molecule is CC(C)(C)OC(=O)N[C@H]1C[C@H]1c1ccccc1. The molecule has 1 N–H and O–H groups in total. The number of alkyl carbamates (subject to hydrolysis) is 1. The molecule has 0 spiro atoms. The van der Waals surface area contributed by atoms with Crippen molar-refractivity contribution < 1.29 is 9.53 Å². The summed E-state index contributed by atoms with van der Waals surface area (Å²) in [5, 5.41) is 2.90. The van der Waals surface area contributed by atoms with Crippen LogP contribution in [-0.4, -0.2) is 17.7 Å². The van der Waals surface area contributed by atoms with E-state index in [4.69, 9.17) is 4.74 Å². The average Bonchev–Trinajstić information content (AvgIpc) is 2.95. The first kappa shape index (κ1) is 12.0. The van der Waals surface area contributed by atoms with E-state index in [0.29, 0.717) is 5.92 Å². The Bertz CT molecular complexity index is 394. The fourth-order valence-electron chi connectivity index (χ4n) is 1.88. The van der Waals surface area contributed by atoms with Gasteiger partial charge in [-0.05, 0) is 32.8 Å². The van der Waals surface area contributed by atoms with Gasteiger partial charge in [0.25, 0.3) is 0 Å². The van der Waals surface area contributed by atoms with Crippen LogP contribution in [0.3, 0.4) is 0 Å². The van der Waals surface area contributed by atoms with E-state index in [1.807, 2.05) is 39.0 Å². The van der Waals surface area contributed by atoms with Gasteiger partial charge in [0, 0.05) is 12.0 Å². The van der Waals surface area contributed by atoms with E-state index in [0.717, 1.165) is 6.42 Å². The summed E-state index contributed by atoms with van der Waals surface area (Å²) < 4.78 is 5.22. The van der Waals surface area contributed by atoms with Crippen LogP contribution < -0.4 is 5.32 Å². The molecular weight excluding hydrogens is 214 g/mol. The van der Waals surface area contributed by atoms with Gasteiger partial charge >= 0.3 is 6.09 Å². The predicted molar refractivity (Wildman–Crippen MR) is 67.0 cm³/mol. The summed E-state index contributed by atoms with van der Waals surface area (Å²) >= 11 is 0. The van der Waals surface area contributed by atoms with Crippen LogP contribution in [0.25, 0.3) is 0 Å². The Labute approximate surface area is 102 Å². The van der Waals surface area contributed by atoms with Crippen molar-refractivity contribution in [2.24, 2.45) is 0 Å². The summed E-state index contributed by atoms with van der Waals surface area (Å²) in [6, 6.07) is 10.5. The van der Waals surface area contributed by atoms with Crippen LogP contribution in [0.5, 0.6) is 0 Å². The lowest BCUT2D eigenvalue weighted by atomic mass is 10.1. The molecule has 1 aliphatic carbocycles. The summed E-state index contributed by atoms with van der Waals surface area (Å²) in [6.07, 6.45) is 0.685. The monoisotopic (exact) mass is 233 g/mol. The molecule has 3 heteroatoms. The Kier molecular flexibility index (Phi) is 3.09. The van der Waals surface area contributed by atoms with Crippen molar-refractivity contribution in [1.29, 1.82) is 0 Å². The van der Waals surface area contributed by atoms with Gasteiger partial charge in [-0.25, -0.2) is 4.79 Å². The lowest BCUT2D eigenvalue weighted by Gasteiger charge is -2.19. The van der Waals surface area contributed by atoms with Gasteiger partial charge < -0.3 is 10.1 Å². The highest BCUT2D eigenvalue weighted by Crippen LogP contribution is 2.40. The van der Waals surface area contributed by atoms with Crippen LogP contribution in [0.2, 0.25) is 0 Å². The molecule has 92 valence electrons. The molecule has 0 heterocycles. The number of rotatable bonds is 2. The van der Waals surface area contributed by atoms with Crippen molar-refractivity contribution in [3.8, 4) is 0 Å². The molecule has 1 aromatic rings. The molecule has 2 atom stereocenters. The summed E-state index contributed by atoms with van der Waals surface area (Å²) in [7, 11) is 0. The first-order valence-electron chi connectivity index (χ1n) is 6.00. The van der Waals surface area contributed by atoms with E-state index in [1.165, 1.54) is 5.56 Å². The van der Waals surface area contributed by atoms with Crippen LogP contribution in [0.4, 0.5) is 4.79 Å². The van der Waals surface area contributed by atoms with Gasteiger partial charge in [-0.15, -0.1) is 0 Å². The first-order chi connectivity index (χ1) is 7.96. The summed E-state index contributed by atoms with van der Waals surface area (Å²) in [4.78, 5) is 11.6. The third kappa shape index (κ3) is 3.48. The van der Waals surface area contributed by atoms with Gasteiger partial charge in [-0.2, -0.15) is 0 Å². The number of ether oxygens (including phenoxy) is 1. The number of nitrogens with one attached hydrogen (secondary N) is 1. The summed E-state index contributed by atoms with van der Waals surface area (Å²) in [5.41, 5.74) is 0.856. The molecule has 2 rings (SSSR count). The number of hydrogen-bond acceptors (Lipinski definition) is 2. The van der Waals surface area contributed by atoms with Crippen LogP contribution in [0.1, 0.15) is 38.7 Å². The minimum absolute atomic E-state index is 0.229. The third-order valence-corrected chi connectivity index (χ3v) is 2.72. The van der Waals surface area contributed by atoms with E-state index < -0.39 is 5.60 Å². The normalized spacial score (nSPS) is 23.0. The highest BCUT2D eigenvalue weighted by atomic mass is 16.6. The largest absolute Gasteiger partial charge is 0.444 e. The van der Waals surface area contributed by atoms with E-state index in [9.17, 15) is 4.79 Å². The van der Waals surface area contributed by atoms with Crippen LogP contribution in [0.15, 0.2) is 30.3 Å². The molecule has 17 heavy (non-hydrogen) atoms. The molecule has 0 aliphatic heterocycles. The number of carbonyl (C=O) groups excluding carboxylic acids is 1. The zero-order chi connectivity index (χ0) is 12.5. The Morgan fingerprint density at radius 1 is 1.29 bits per heavy atom. The van der Waals surface area contributed by atoms with E-state index >= 15 is 0 Å². The molecule has 3 nitrogen and oxygen atoms in total. The molecule has 0 aromatic heterocycles. The van der Waals surface area contributed by atoms with E-state index in [1.54, 1.807) is 0 Å². The number of benzene rings is 1. The van der Waals surface area contributed by atoms with Crippen molar-refractivity contribution in [3.63, 3.8) is 0 Å². The van der Waals surface area contributed by atoms with Gasteiger partial charge in [0.15, 0.2) is 0 Å². The second kappa shape index (κ2) is 4.40. The van der Waals surface area contributed by atoms with Crippen LogP contribution in [0, 0.1) is 0 Å². The van der Waals surface area contributed by atoms with Gasteiger partial charge in [0.1, 0.15) is 5.60 Å². The van der Waals surface area contributed by atoms with Gasteiger partial charge in [0.05, 0.1) is 0 Å². The molecule has 0 saturated heterocycles. The fourth-order valence-corrected chi connectivity index (χ4v) is 1.88. The molecular formula is C14H19NO2. The van der Waals surface area contributed by atoms with Crippen molar-refractivity contribution in [2.45, 2.75) is 44.8 Å². The van der Waals surface area contributed by atoms with Crippen LogP contribution in [-0.2, 0) is 4.74 Å². The minimum atomic E-state index is -0.429. The smallest absolute Gasteiger partial charge is 0.407 e. The summed E-state index contributed by atoms with van der Waals surface area (Å²) in [5.74, 6) is 0.448. The minimum Gasteiger partial charge on any atom is -0.444 e. The predicted octanol–water partition coefficient (Wildman–Crippen LogP) is 3.07. The lowest BCUT2D eigenvalue weighted by molar-refractivity contribution is 0.0523. The molecule has 0 unspecified atom stereocenters. The molecule has 1 aliphatic rings. The standard InChI is InChI=1S/C14H19NO2/c1-14(2,3)17-13(16)15-12-9-11(12)10-7-5-4-6-8-10/h4-8,11-12H,9H2,1-3H3,(H,15,16)/t11-,12-/m0/s1. The van der Waals surface area contributed by atoms with Gasteiger partial charge in [-0.3, -0.25) is 0 Å². The number of amides is 1. The molecule has 1 aromatic carbocycles. The Morgan fingerprint density at radius 3 is 2.53 bits per heavy atom. The highest BCUT2D eigenvalue weighted by molar-refractivity contribution is 5.69. The van der Waals surface area contributed by atoms with Crippen molar-refractivity contribution in [3.05, 3.63) is 35.9 Å². The second-order valence-electron chi connectivity index (χ2n) is 5.51. The zero-order valence-corrected chi connectivity index (χ0v) is 10.6. The third-order valence-electron chi connectivity index (χ3n) is 2.72. The van der Waals surface area contributed by atoms with Gasteiger partial charge in [-0.1, -0.05) is 30.3 Å². The molecule has 0 radical (unpaired) electrons. The Morgan fingerprint density at radius 2 is 1.94 bits per heavy atom. The Balaban J connectivity index is 1.83. The molecule has 1 fully saturated rings.